The van der Waals surface area contributed by atoms with E-state index in [4.69, 9.17) is 20.5 Å². The van der Waals surface area contributed by atoms with E-state index in [9.17, 15) is 0 Å². The summed E-state index contributed by atoms with van der Waals surface area (Å²) in [7, 11) is 0. The lowest BCUT2D eigenvalue weighted by atomic mass is 10.2. The maximum atomic E-state index is 8.81. The van der Waals surface area contributed by atoms with Gasteiger partial charge in [0.15, 0.2) is 11.5 Å². The lowest BCUT2D eigenvalue weighted by Gasteiger charge is -2.11. The van der Waals surface area contributed by atoms with Gasteiger partial charge in [-0.1, -0.05) is 0 Å². The summed E-state index contributed by atoms with van der Waals surface area (Å²) in [6.45, 7) is 4.81. The molecular formula is C11H14N2O2. The van der Waals surface area contributed by atoms with E-state index in [1.807, 2.05) is 19.9 Å². The second-order valence-corrected chi connectivity index (χ2v) is 2.86. The standard InChI is InChI=1S/C11H14N2O2/c1-3-14-10-5-8(7-12)9(13)6-11(10)15-4-2/h5-6H,3-4,13H2,1-2H3. The van der Waals surface area contributed by atoms with Crippen LogP contribution in [0.5, 0.6) is 11.5 Å². The van der Waals surface area contributed by atoms with Gasteiger partial charge in [-0.2, -0.15) is 5.26 Å². The molecule has 4 nitrogen and oxygen atoms in total. The molecule has 0 spiro atoms. The van der Waals surface area contributed by atoms with E-state index in [0.717, 1.165) is 0 Å². The van der Waals surface area contributed by atoms with Crippen LogP contribution in [-0.2, 0) is 0 Å². The van der Waals surface area contributed by atoms with E-state index < -0.39 is 0 Å². The molecule has 0 aromatic heterocycles. The Kier molecular flexibility index (Phi) is 3.81. The van der Waals surface area contributed by atoms with Gasteiger partial charge in [0, 0.05) is 12.1 Å². The van der Waals surface area contributed by atoms with Gasteiger partial charge >= 0.3 is 0 Å². The first-order valence-corrected chi connectivity index (χ1v) is 4.82. The van der Waals surface area contributed by atoms with E-state index in [0.29, 0.717) is 36.0 Å². The molecule has 4 heteroatoms. The molecule has 0 atom stereocenters. The van der Waals surface area contributed by atoms with Crippen LogP contribution in [0, 0.1) is 11.3 Å². The monoisotopic (exact) mass is 206 g/mol. The Morgan fingerprint density at radius 2 is 1.73 bits per heavy atom. The minimum atomic E-state index is 0.405. The predicted molar refractivity (Wildman–Crippen MR) is 57.9 cm³/mol. The van der Waals surface area contributed by atoms with Crippen LogP contribution in [-0.4, -0.2) is 13.2 Å². The number of anilines is 1. The highest BCUT2D eigenvalue weighted by Gasteiger charge is 2.09. The Balaban J connectivity index is 3.14. The lowest BCUT2D eigenvalue weighted by molar-refractivity contribution is 0.288. The molecule has 1 aromatic carbocycles. The molecular weight excluding hydrogens is 192 g/mol. The van der Waals surface area contributed by atoms with Crippen molar-refractivity contribution in [2.24, 2.45) is 0 Å². The fourth-order valence-corrected chi connectivity index (χ4v) is 1.21. The van der Waals surface area contributed by atoms with E-state index >= 15 is 0 Å². The molecule has 0 heterocycles. The first-order chi connectivity index (χ1) is 7.22. The first-order valence-electron chi connectivity index (χ1n) is 4.82. The van der Waals surface area contributed by atoms with Crippen molar-refractivity contribution in [1.82, 2.24) is 0 Å². The lowest BCUT2D eigenvalue weighted by Crippen LogP contribution is -2.01. The molecule has 0 amide bonds. The molecule has 1 aromatic rings. The Hall–Kier alpha value is -1.89. The number of nitrogen functional groups attached to an aromatic ring is 1. The van der Waals surface area contributed by atoms with Crippen LogP contribution in [0.15, 0.2) is 12.1 Å². The van der Waals surface area contributed by atoms with Crippen molar-refractivity contribution in [2.45, 2.75) is 13.8 Å². The highest BCUT2D eigenvalue weighted by Crippen LogP contribution is 2.32. The molecule has 0 bridgehead atoms. The van der Waals surface area contributed by atoms with Gasteiger partial charge in [-0.15, -0.1) is 0 Å². The smallest absolute Gasteiger partial charge is 0.163 e. The molecule has 80 valence electrons. The molecule has 0 aliphatic carbocycles. The third kappa shape index (κ3) is 2.53. The molecule has 0 unspecified atom stereocenters. The van der Waals surface area contributed by atoms with Crippen LogP contribution in [0.2, 0.25) is 0 Å². The van der Waals surface area contributed by atoms with Crippen molar-refractivity contribution < 1.29 is 9.47 Å². The van der Waals surface area contributed by atoms with Crippen molar-refractivity contribution in [3.05, 3.63) is 17.7 Å². The van der Waals surface area contributed by atoms with Crippen molar-refractivity contribution >= 4 is 5.69 Å². The molecule has 0 saturated carbocycles. The number of rotatable bonds is 4. The summed E-state index contributed by atoms with van der Waals surface area (Å²) in [6, 6.07) is 5.22. The van der Waals surface area contributed by atoms with Gasteiger partial charge in [-0.05, 0) is 13.8 Å². The van der Waals surface area contributed by atoms with E-state index in [1.165, 1.54) is 0 Å². The summed E-state index contributed by atoms with van der Waals surface area (Å²) in [6.07, 6.45) is 0. The van der Waals surface area contributed by atoms with Gasteiger partial charge in [0.1, 0.15) is 6.07 Å². The van der Waals surface area contributed by atoms with Gasteiger partial charge in [0.2, 0.25) is 0 Å². The van der Waals surface area contributed by atoms with E-state index in [-0.39, 0.29) is 0 Å². The van der Waals surface area contributed by atoms with Crippen LogP contribution < -0.4 is 15.2 Å². The van der Waals surface area contributed by atoms with Crippen molar-refractivity contribution in [3.63, 3.8) is 0 Å². The Labute approximate surface area is 89.2 Å². The number of ether oxygens (including phenoxy) is 2. The van der Waals surface area contributed by atoms with Crippen LogP contribution in [0.3, 0.4) is 0 Å². The highest BCUT2D eigenvalue weighted by atomic mass is 16.5. The normalized spacial score (nSPS) is 9.40. The summed E-state index contributed by atoms with van der Waals surface area (Å²) >= 11 is 0. The summed E-state index contributed by atoms with van der Waals surface area (Å²) < 4.78 is 10.7. The van der Waals surface area contributed by atoms with Crippen molar-refractivity contribution in [2.75, 3.05) is 18.9 Å². The molecule has 0 aliphatic heterocycles. The molecule has 15 heavy (non-hydrogen) atoms. The Bertz CT molecular complexity index is 383. The summed E-state index contributed by atoms with van der Waals surface area (Å²) in [5, 5.41) is 8.81. The van der Waals surface area contributed by atoms with E-state index in [1.54, 1.807) is 12.1 Å². The summed E-state index contributed by atoms with van der Waals surface area (Å²) in [5.41, 5.74) is 6.48. The molecule has 0 fully saturated rings. The predicted octanol–water partition coefficient (Wildman–Crippen LogP) is 1.94. The zero-order chi connectivity index (χ0) is 11.3. The van der Waals surface area contributed by atoms with Crippen LogP contribution in [0.25, 0.3) is 0 Å². The van der Waals surface area contributed by atoms with Gasteiger partial charge in [-0.25, -0.2) is 0 Å². The number of benzene rings is 1. The molecule has 2 N–H and O–H groups in total. The van der Waals surface area contributed by atoms with Crippen LogP contribution in [0.1, 0.15) is 19.4 Å². The minimum absolute atomic E-state index is 0.405. The fourth-order valence-electron chi connectivity index (χ4n) is 1.21. The average Bonchev–Trinajstić information content (AvgIpc) is 2.22. The highest BCUT2D eigenvalue weighted by molar-refractivity contribution is 5.62. The van der Waals surface area contributed by atoms with Crippen molar-refractivity contribution in [3.8, 4) is 17.6 Å². The first kappa shape index (κ1) is 11.2. The number of hydrogen-bond donors (Lipinski definition) is 1. The summed E-state index contributed by atoms with van der Waals surface area (Å²) in [4.78, 5) is 0. The van der Waals surface area contributed by atoms with Crippen LogP contribution >= 0.6 is 0 Å². The zero-order valence-electron chi connectivity index (χ0n) is 8.91. The fraction of sp³-hybridized carbons (Fsp3) is 0.364. The minimum Gasteiger partial charge on any atom is -0.490 e. The third-order valence-corrected chi connectivity index (χ3v) is 1.84. The second kappa shape index (κ2) is 5.11. The largest absolute Gasteiger partial charge is 0.490 e. The molecule has 1 rings (SSSR count). The van der Waals surface area contributed by atoms with E-state index in [2.05, 4.69) is 0 Å². The number of nitrogens with two attached hydrogens (primary N) is 1. The maximum absolute atomic E-state index is 8.81. The van der Waals surface area contributed by atoms with Gasteiger partial charge in [-0.3, -0.25) is 0 Å². The number of nitrogens with zero attached hydrogens (tertiary/aromatic N) is 1. The van der Waals surface area contributed by atoms with Crippen molar-refractivity contribution in [1.29, 1.82) is 5.26 Å². The SMILES string of the molecule is CCOc1cc(N)c(C#N)cc1OCC. The third-order valence-electron chi connectivity index (χ3n) is 1.84. The topological polar surface area (TPSA) is 68.3 Å². The zero-order valence-corrected chi connectivity index (χ0v) is 8.91. The van der Waals surface area contributed by atoms with Gasteiger partial charge in [0.25, 0.3) is 0 Å². The molecule has 0 radical (unpaired) electrons. The number of hydrogen-bond acceptors (Lipinski definition) is 4. The molecule has 0 saturated heterocycles. The Morgan fingerprint density at radius 1 is 1.20 bits per heavy atom. The molecule has 0 aliphatic rings. The summed E-state index contributed by atoms with van der Waals surface area (Å²) in [5.74, 6) is 1.14. The second-order valence-electron chi connectivity index (χ2n) is 2.86. The average molecular weight is 206 g/mol. The quantitative estimate of drug-likeness (QED) is 0.764. The number of nitriles is 1. The van der Waals surface area contributed by atoms with Crippen LogP contribution in [0.4, 0.5) is 5.69 Å². The van der Waals surface area contributed by atoms with Gasteiger partial charge < -0.3 is 15.2 Å². The Morgan fingerprint density at radius 3 is 2.20 bits per heavy atom. The maximum Gasteiger partial charge on any atom is 0.163 e. The van der Waals surface area contributed by atoms with Gasteiger partial charge in [0.05, 0.1) is 24.5 Å².